The van der Waals surface area contributed by atoms with Crippen molar-refractivity contribution >= 4 is 51.5 Å². The molecule has 0 spiro atoms. The maximum atomic E-state index is 13.1. The molecule has 16 heteroatoms. The molecular weight excluding hydrogens is 864 g/mol. The van der Waals surface area contributed by atoms with Gasteiger partial charge >= 0.3 is 0 Å². The highest BCUT2D eigenvalue weighted by Crippen LogP contribution is 2.43. The quantitative estimate of drug-likeness (QED) is 0.121. The average molecular weight is 922 g/mol. The zero-order valence-electron chi connectivity index (χ0n) is 38.3. The first-order valence-corrected chi connectivity index (χ1v) is 24.1. The minimum Gasteiger partial charge on any atom is -0.490 e. The Bertz CT molecular complexity index is 2830. The number of halogens is 1. The molecule has 4 aliphatic rings. The molecule has 3 aliphatic heterocycles. The van der Waals surface area contributed by atoms with E-state index in [-0.39, 0.29) is 30.0 Å². The Morgan fingerprint density at radius 2 is 1.73 bits per heavy atom. The van der Waals surface area contributed by atoms with Crippen molar-refractivity contribution in [3.05, 3.63) is 94.9 Å². The topological polar surface area (TPSA) is 171 Å². The Labute approximate surface area is 395 Å². The summed E-state index contributed by atoms with van der Waals surface area (Å²) in [5, 5.41) is 38.8. The number of nitriles is 1. The SMILES string of the molecule is C[C@@H]1CC(=O)Nc2cc(C3CCN(CC4CCN(c5ccc(C(=O)NC6CCC(Oc7ccc(C#N)c(Cl)c7)CC6)nn5)CC4)CC3)cc(-c3ccc4c(c3)c(-c3cnn(C)c3)nn4C)c2N1. The van der Waals surface area contributed by atoms with Crippen LogP contribution in [-0.4, -0.2) is 97.4 Å². The molecule has 3 aromatic carbocycles. The van der Waals surface area contributed by atoms with Crippen molar-refractivity contribution in [2.75, 3.05) is 48.3 Å². The van der Waals surface area contributed by atoms with Crippen LogP contribution in [0.1, 0.15) is 92.2 Å². The number of ether oxygens (including phenoxy) is 1. The second-order valence-corrected chi connectivity index (χ2v) is 19.4. The van der Waals surface area contributed by atoms with Gasteiger partial charge in [-0.1, -0.05) is 17.7 Å². The molecule has 10 rings (SSSR count). The summed E-state index contributed by atoms with van der Waals surface area (Å²) < 4.78 is 9.85. The van der Waals surface area contributed by atoms with Crippen LogP contribution in [0, 0.1) is 17.2 Å². The summed E-state index contributed by atoms with van der Waals surface area (Å²) in [5.41, 5.74) is 8.94. The van der Waals surface area contributed by atoms with E-state index in [4.69, 9.17) is 26.7 Å². The number of rotatable bonds is 10. The van der Waals surface area contributed by atoms with Crippen molar-refractivity contribution < 1.29 is 14.3 Å². The molecule has 1 aliphatic carbocycles. The highest BCUT2D eigenvalue weighted by molar-refractivity contribution is 6.31. The van der Waals surface area contributed by atoms with E-state index in [0.29, 0.717) is 40.3 Å². The molecule has 0 bridgehead atoms. The maximum Gasteiger partial charge on any atom is 0.272 e. The standard InChI is InChI=1S/C51H57ClN12O3/c1-31-22-48(65)57-45-25-36(24-41(50(45)55-31)34-5-12-46-42(23-34)49(60-62(46)3)37-28-54-61(2)30-37)33-16-18-63(19-17-33)29-32-14-20-64(21-15-32)47-13-11-44(58-59-47)51(66)56-38-6-9-39(10-7-38)67-40-8-4-35(27-53)43(52)26-40/h4-5,8,11-13,23-26,28,30-33,38-39,55H,6-7,9-10,14-22,29H2,1-3H3,(H,56,66)(H,57,65)/t31-,38?,39?/m1/s1. The van der Waals surface area contributed by atoms with E-state index in [1.165, 1.54) is 5.56 Å². The number of fused-ring (bicyclic) bond motifs is 2. The molecule has 2 amide bonds. The van der Waals surface area contributed by atoms with E-state index in [9.17, 15) is 9.59 Å². The van der Waals surface area contributed by atoms with Gasteiger partial charge in [0.1, 0.15) is 17.5 Å². The van der Waals surface area contributed by atoms with Gasteiger partial charge in [-0.3, -0.25) is 19.0 Å². The molecule has 6 heterocycles. The highest BCUT2D eigenvalue weighted by atomic mass is 35.5. The van der Waals surface area contributed by atoms with Crippen molar-refractivity contribution in [3.63, 3.8) is 0 Å². The first-order chi connectivity index (χ1) is 32.5. The predicted molar refractivity (Wildman–Crippen MR) is 260 cm³/mol. The van der Waals surface area contributed by atoms with Gasteiger partial charge in [0.15, 0.2) is 11.5 Å². The number of carbonyl (C=O) groups excluding carboxylic acids is 2. The van der Waals surface area contributed by atoms with Gasteiger partial charge in [0, 0.05) is 81.0 Å². The van der Waals surface area contributed by atoms with E-state index in [1.54, 1.807) is 28.9 Å². The van der Waals surface area contributed by atoms with Crippen LogP contribution >= 0.6 is 11.6 Å². The lowest BCUT2D eigenvalue weighted by Gasteiger charge is -2.38. The fraction of sp³-hybridized carbons (Fsp3) is 0.431. The molecule has 0 unspecified atom stereocenters. The molecule has 0 radical (unpaired) electrons. The van der Waals surface area contributed by atoms with Gasteiger partial charge in [-0.25, -0.2) is 0 Å². The van der Waals surface area contributed by atoms with Gasteiger partial charge in [0.2, 0.25) is 5.91 Å². The minimum atomic E-state index is -0.204. The summed E-state index contributed by atoms with van der Waals surface area (Å²) >= 11 is 6.18. The van der Waals surface area contributed by atoms with Crippen LogP contribution in [-0.2, 0) is 18.9 Å². The number of aromatic nitrogens is 6. The summed E-state index contributed by atoms with van der Waals surface area (Å²) in [6.07, 6.45) is 11.8. The molecule has 15 nitrogen and oxygen atoms in total. The third kappa shape index (κ3) is 9.69. The van der Waals surface area contributed by atoms with E-state index < -0.39 is 0 Å². The lowest BCUT2D eigenvalue weighted by Crippen LogP contribution is -2.41. The molecular formula is C51H57ClN12O3. The molecule has 6 aromatic rings. The summed E-state index contributed by atoms with van der Waals surface area (Å²) in [6, 6.07) is 22.1. The van der Waals surface area contributed by atoms with E-state index in [1.807, 2.05) is 37.2 Å². The lowest BCUT2D eigenvalue weighted by atomic mass is 9.85. The number of likely N-dealkylation sites (tertiary alicyclic amines) is 1. The number of hydrogen-bond donors (Lipinski definition) is 3. The molecule has 2 saturated heterocycles. The van der Waals surface area contributed by atoms with Crippen LogP contribution in [0.3, 0.4) is 0 Å². The molecule has 1 atom stereocenters. The van der Waals surface area contributed by atoms with Crippen LogP contribution in [0.2, 0.25) is 5.02 Å². The highest BCUT2D eigenvalue weighted by Gasteiger charge is 2.30. The van der Waals surface area contributed by atoms with Crippen molar-refractivity contribution in [2.24, 2.45) is 20.0 Å². The number of amides is 2. The van der Waals surface area contributed by atoms with Crippen LogP contribution in [0.5, 0.6) is 5.75 Å². The van der Waals surface area contributed by atoms with Crippen LogP contribution in [0.15, 0.2) is 73.1 Å². The van der Waals surface area contributed by atoms with E-state index in [2.05, 4.69) is 84.4 Å². The van der Waals surface area contributed by atoms with Crippen molar-refractivity contribution in [3.8, 4) is 34.2 Å². The fourth-order valence-electron chi connectivity index (χ4n) is 10.6. The second kappa shape index (κ2) is 19.0. The molecule has 346 valence electrons. The summed E-state index contributed by atoms with van der Waals surface area (Å²) in [6.45, 7) is 7.04. The average Bonchev–Trinajstić information content (AvgIpc) is 3.87. The molecule has 3 fully saturated rings. The van der Waals surface area contributed by atoms with Gasteiger partial charge in [-0.2, -0.15) is 15.5 Å². The largest absolute Gasteiger partial charge is 0.490 e. The second-order valence-electron chi connectivity index (χ2n) is 19.0. The van der Waals surface area contributed by atoms with E-state index >= 15 is 0 Å². The zero-order valence-corrected chi connectivity index (χ0v) is 39.1. The van der Waals surface area contributed by atoms with Crippen LogP contribution < -0.4 is 25.6 Å². The number of hydrogen-bond acceptors (Lipinski definition) is 11. The van der Waals surface area contributed by atoms with E-state index in [0.717, 1.165) is 135 Å². The number of nitrogens with one attached hydrogen (secondary N) is 3. The number of carbonyl (C=O) groups is 2. The lowest BCUT2D eigenvalue weighted by molar-refractivity contribution is -0.116. The Hall–Kier alpha value is -6.50. The monoisotopic (exact) mass is 920 g/mol. The Balaban J connectivity index is 0.724. The van der Waals surface area contributed by atoms with Gasteiger partial charge in [0.05, 0.1) is 39.8 Å². The molecule has 1 saturated carbocycles. The number of piperidine rings is 2. The Morgan fingerprint density at radius 3 is 2.45 bits per heavy atom. The summed E-state index contributed by atoms with van der Waals surface area (Å²) in [5.74, 6) is 2.28. The summed E-state index contributed by atoms with van der Waals surface area (Å²) in [7, 11) is 3.90. The van der Waals surface area contributed by atoms with Crippen molar-refractivity contribution in [1.29, 1.82) is 5.26 Å². The normalized spacial score (nSPS) is 20.7. The smallest absolute Gasteiger partial charge is 0.272 e. The van der Waals surface area contributed by atoms with Gasteiger partial charge in [-0.15, -0.1) is 10.2 Å². The van der Waals surface area contributed by atoms with Gasteiger partial charge < -0.3 is 30.5 Å². The number of anilines is 3. The number of nitrogens with zero attached hydrogens (tertiary/aromatic N) is 9. The first kappa shape index (κ1) is 44.3. The van der Waals surface area contributed by atoms with Gasteiger partial charge in [-0.05, 0) is 143 Å². The number of benzene rings is 3. The molecule has 67 heavy (non-hydrogen) atoms. The Morgan fingerprint density at radius 1 is 0.925 bits per heavy atom. The van der Waals surface area contributed by atoms with Crippen molar-refractivity contribution in [1.82, 2.24) is 40.0 Å². The third-order valence-electron chi connectivity index (χ3n) is 14.2. The third-order valence-corrected chi connectivity index (χ3v) is 14.5. The van der Waals surface area contributed by atoms with Crippen LogP contribution in [0.4, 0.5) is 17.2 Å². The zero-order chi connectivity index (χ0) is 46.2. The van der Waals surface area contributed by atoms with Gasteiger partial charge in [0.25, 0.3) is 5.91 Å². The first-order valence-electron chi connectivity index (χ1n) is 23.7. The summed E-state index contributed by atoms with van der Waals surface area (Å²) in [4.78, 5) is 31.1. The number of aryl methyl sites for hydroxylation is 2. The molecule has 3 aromatic heterocycles. The minimum absolute atomic E-state index is 0.00494. The predicted octanol–water partition coefficient (Wildman–Crippen LogP) is 8.31. The van der Waals surface area contributed by atoms with Crippen molar-refractivity contribution in [2.45, 2.75) is 88.8 Å². The maximum absolute atomic E-state index is 13.1. The molecule has 3 N–H and O–H groups in total. The fourth-order valence-corrected chi connectivity index (χ4v) is 10.8. The van der Waals surface area contributed by atoms with Crippen LogP contribution in [0.25, 0.3) is 33.3 Å². The Kier molecular flexibility index (Phi) is 12.6.